The van der Waals surface area contributed by atoms with Gasteiger partial charge in [0.05, 0.1) is 5.60 Å². The first-order valence-electron chi connectivity index (χ1n) is 8.33. The van der Waals surface area contributed by atoms with E-state index in [0.29, 0.717) is 11.8 Å². The predicted octanol–water partition coefficient (Wildman–Crippen LogP) is 6.98. The molecule has 0 aliphatic carbocycles. The topological polar surface area (TPSA) is 9.23 Å². The van der Waals surface area contributed by atoms with Gasteiger partial charge >= 0.3 is 0 Å². The Labute approximate surface area is 140 Å². The van der Waals surface area contributed by atoms with Crippen molar-refractivity contribution >= 4 is 0 Å². The van der Waals surface area contributed by atoms with E-state index in [1.165, 1.54) is 5.57 Å². The van der Waals surface area contributed by atoms with Crippen LogP contribution in [0.15, 0.2) is 48.6 Å². The molecule has 1 unspecified atom stereocenters. The smallest absolute Gasteiger partial charge is 0.0594 e. The van der Waals surface area contributed by atoms with Crippen LogP contribution in [0.2, 0.25) is 0 Å². The molecule has 0 saturated heterocycles. The van der Waals surface area contributed by atoms with Crippen molar-refractivity contribution < 1.29 is 4.74 Å². The lowest BCUT2D eigenvalue weighted by atomic mass is 10.0. The molecule has 1 heteroatoms. The highest BCUT2D eigenvalue weighted by molar-refractivity contribution is 5.14. The summed E-state index contributed by atoms with van der Waals surface area (Å²) in [6.45, 7) is 22.4. The summed E-state index contributed by atoms with van der Waals surface area (Å²) >= 11 is 0. The SMILES string of the molecule is C=C/C=C\C(C)/C=C\C=C(\C)C(C)C.CC.COC(C)(C)C. The second-order valence-electron chi connectivity index (χ2n) is 6.25. The summed E-state index contributed by atoms with van der Waals surface area (Å²) < 4.78 is 4.94. The van der Waals surface area contributed by atoms with Crippen molar-refractivity contribution in [1.29, 1.82) is 0 Å². The lowest BCUT2D eigenvalue weighted by molar-refractivity contribution is 0.0397. The Balaban J connectivity index is -0.000000378. The van der Waals surface area contributed by atoms with Crippen LogP contribution < -0.4 is 0 Å². The molecule has 0 aliphatic rings. The van der Waals surface area contributed by atoms with Crippen LogP contribution in [0.5, 0.6) is 0 Å². The number of hydrogen-bond acceptors (Lipinski definition) is 1. The van der Waals surface area contributed by atoms with E-state index < -0.39 is 0 Å². The Hall–Kier alpha value is -1.08. The quantitative estimate of drug-likeness (QED) is 0.498. The molecule has 0 spiro atoms. The minimum Gasteiger partial charge on any atom is -0.379 e. The van der Waals surface area contributed by atoms with Gasteiger partial charge in [-0.05, 0) is 39.5 Å². The molecule has 0 amide bonds. The predicted molar refractivity (Wildman–Crippen MR) is 104 cm³/mol. The Morgan fingerprint density at radius 2 is 1.41 bits per heavy atom. The summed E-state index contributed by atoms with van der Waals surface area (Å²) in [4.78, 5) is 0. The molecule has 0 aromatic heterocycles. The molecule has 0 N–H and O–H groups in total. The van der Waals surface area contributed by atoms with Crippen molar-refractivity contribution in [2.24, 2.45) is 11.8 Å². The van der Waals surface area contributed by atoms with Crippen LogP contribution >= 0.6 is 0 Å². The average Bonchev–Trinajstić information content (AvgIpc) is 2.46. The van der Waals surface area contributed by atoms with Crippen molar-refractivity contribution in [2.75, 3.05) is 7.11 Å². The highest BCUT2D eigenvalue weighted by atomic mass is 16.5. The lowest BCUT2D eigenvalue weighted by Gasteiger charge is -2.14. The summed E-state index contributed by atoms with van der Waals surface area (Å²) in [6, 6.07) is 0. The Morgan fingerprint density at radius 3 is 1.73 bits per heavy atom. The summed E-state index contributed by atoms with van der Waals surface area (Å²) in [5.74, 6) is 1.11. The maximum absolute atomic E-state index is 4.94. The van der Waals surface area contributed by atoms with Crippen LogP contribution in [0, 0.1) is 11.8 Å². The van der Waals surface area contributed by atoms with Gasteiger partial charge in [0.1, 0.15) is 0 Å². The molecule has 1 nitrogen and oxygen atoms in total. The zero-order valence-electron chi connectivity index (χ0n) is 16.7. The van der Waals surface area contributed by atoms with E-state index in [4.69, 9.17) is 4.74 Å². The van der Waals surface area contributed by atoms with Gasteiger partial charge in [0, 0.05) is 7.11 Å². The molecule has 130 valence electrons. The van der Waals surface area contributed by atoms with Crippen LogP contribution in [0.4, 0.5) is 0 Å². The molecule has 0 bridgehead atoms. The largest absolute Gasteiger partial charge is 0.379 e. The minimum absolute atomic E-state index is 0.0417. The average molecular weight is 309 g/mol. The number of rotatable bonds is 5. The van der Waals surface area contributed by atoms with Gasteiger partial charge in [0.15, 0.2) is 0 Å². The van der Waals surface area contributed by atoms with E-state index in [0.717, 1.165) is 0 Å². The molecule has 0 aliphatic heterocycles. The minimum atomic E-state index is 0.0417. The van der Waals surface area contributed by atoms with E-state index in [1.807, 2.05) is 40.7 Å². The zero-order chi connectivity index (χ0) is 18.2. The van der Waals surface area contributed by atoms with E-state index in [1.54, 1.807) is 13.2 Å². The molecule has 1 atom stereocenters. The fraction of sp³-hybridized carbons (Fsp3) is 0.619. The Bertz CT molecular complexity index is 324. The van der Waals surface area contributed by atoms with Crippen LogP contribution in [-0.2, 0) is 4.74 Å². The van der Waals surface area contributed by atoms with Crippen LogP contribution in [0.25, 0.3) is 0 Å². The monoisotopic (exact) mass is 308 g/mol. The Morgan fingerprint density at radius 1 is 1.00 bits per heavy atom. The van der Waals surface area contributed by atoms with E-state index in [9.17, 15) is 0 Å². The van der Waals surface area contributed by atoms with Gasteiger partial charge in [-0.1, -0.05) is 83.2 Å². The van der Waals surface area contributed by atoms with Crippen LogP contribution in [0.3, 0.4) is 0 Å². The van der Waals surface area contributed by atoms with E-state index in [2.05, 4.69) is 58.6 Å². The number of hydrogen-bond donors (Lipinski definition) is 0. The van der Waals surface area contributed by atoms with Gasteiger partial charge in [-0.3, -0.25) is 0 Å². The third kappa shape index (κ3) is 24.0. The van der Waals surface area contributed by atoms with Crippen molar-refractivity contribution in [1.82, 2.24) is 0 Å². The molecule has 0 aromatic carbocycles. The number of ether oxygens (including phenoxy) is 1. The van der Waals surface area contributed by atoms with Crippen molar-refractivity contribution in [3.8, 4) is 0 Å². The van der Waals surface area contributed by atoms with Gasteiger partial charge in [0.2, 0.25) is 0 Å². The highest BCUT2D eigenvalue weighted by Crippen LogP contribution is 2.08. The normalized spacial score (nSPS) is 13.5. The third-order valence-corrected chi connectivity index (χ3v) is 2.85. The molecule has 0 radical (unpaired) electrons. The van der Waals surface area contributed by atoms with Crippen molar-refractivity contribution in [3.63, 3.8) is 0 Å². The molecule has 0 fully saturated rings. The molecule has 0 rings (SSSR count). The molecular weight excluding hydrogens is 268 g/mol. The van der Waals surface area contributed by atoms with E-state index >= 15 is 0 Å². The molecule has 22 heavy (non-hydrogen) atoms. The van der Waals surface area contributed by atoms with Gasteiger partial charge in [-0.2, -0.15) is 0 Å². The summed E-state index contributed by atoms with van der Waals surface area (Å²) in [7, 11) is 1.71. The fourth-order valence-electron chi connectivity index (χ4n) is 0.893. The Kier molecular flexibility index (Phi) is 19.1. The molecule has 0 aromatic rings. The number of allylic oxidation sites excluding steroid dienone is 7. The molecule has 0 saturated carbocycles. The fourth-order valence-corrected chi connectivity index (χ4v) is 0.893. The standard InChI is InChI=1S/C14H22.C5H12O.C2H6/c1-6-7-9-13(4)10-8-11-14(5)12(2)3;1-5(2,3)6-4;1-2/h6-13H,1H2,2-5H3;1-4H3;1-2H3/b9-7-,10-8-,14-11-;;. The first-order chi connectivity index (χ1) is 10.1. The summed E-state index contributed by atoms with van der Waals surface area (Å²) in [5.41, 5.74) is 1.46. The van der Waals surface area contributed by atoms with Crippen molar-refractivity contribution in [2.45, 2.75) is 67.9 Å². The maximum atomic E-state index is 4.94. The second-order valence-corrected chi connectivity index (χ2v) is 6.25. The van der Waals surface area contributed by atoms with Gasteiger partial charge in [-0.25, -0.2) is 0 Å². The molecular formula is C21H40O. The van der Waals surface area contributed by atoms with E-state index in [-0.39, 0.29) is 5.60 Å². The third-order valence-electron chi connectivity index (χ3n) is 2.85. The van der Waals surface area contributed by atoms with Gasteiger partial charge in [-0.15, -0.1) is 0 Å². The first kappa shape index (κ1) is 25.9. The zero-order valence-corrected chi connectivity index (χ0v) is 16.7. The highest BCUT2D eigenvalue weighted by Gasteiger charge is 2.04. The molecule has 0 heterocycles. The summed E-state index contributed by atoms with van der Waals surface area (Å²) in [6.07, 6.45) is 12.4. The number of methoxy groups -OCH3 is 1. The van der Waals surface area contributed by atoms with Gasteiger partial charge < -0.3 is 4.74 Å². The second kappa shape index (κ2) is 16.3. The van der Waals surface area contributed by atoms with Gasteiger partial charge in [0.25, 0.3) is 0 Å². The lowest BCUT2D eigenvalue weighted by Crippen LogP contribution is -2.15. The first-order valence-corrected chi connectivity index (χ1v) is 8.33. The van der Waals surface area contributed by atoms with Crippen LogP contribution in [-0.4, -0.2) is 12.7 Å². The summed E-state index contributed by atoms with van der Waals surface area (Å²) in [5, 5.41) is 0. The van der Waals surface area contributed by atoms with Crippen molar-refractivity contribution in [3.05, 3.63) is 48.6 Å². The maximum Gasteiger partial charge on any atom is 0.0594 e. The van der Waals surface area contributed by atoms with Crippen LogP contribution in [0.1, 0.15) is 62.3 Å².